The van der Waals surface area contributed by atoms with Gasteiger partial charge in [0.1, 0.15) is 5.02 Å². The summed E-state index contributed by atoms with van der Waals surface area (Å²) in [6.45, 7) is 1.50. The van der Waals surface area contributed by atoms with Crippen molar-refractivity contribution >= 4 is 17.6 Å². The van der Waals surface area contributed by atoms with Crippen molar-refractivity contribution in [1.82, 2.24) is 9.78 Å². The van der Waals surface area contributed by atoms with E-state index >= 15 is 0 Å². The van der Waals surface area contributed by atoms with Crippen LogP contribution >= 0.6 is 11.6 Å². The minimum atomic E-state index is -1.04. The summed E-state index contributed by atoms with van der Waals surface area (Å²) < 4.78 is 6.42. The number of hydrogen-bond acceptors (Lipinski definition) is 3. The van der Waals surface area contributed by atoms with Gasteiger partial charge in [0.05, 0.1) is 5.69 Å². The van der Waals surface area contributed by atoms with Crippen LogP contribution < -0.4 is 4.74 Å². The average molecular weight is 219 g/mol. The molecule has 1 N–H and O–H groups in total. The lowest BCUT2D eigenvalue weighted by atomic mass is 10.3. The molecule has 1 heterocycles. The molecule has 78 valence electrons. The molecule has 0 spiro atoms. The number of aliphatic carboxylic acids is 1. The number of aromatic nitrogens is 2. The van der Waals surface area contributed by atoms with E-state index in [2.05, 4.69) is 5.10 Å². The molecule has 14 heavy (non-hydrogen) atoms. The van der Waals surface area contributed by atoms with E-state index in [9.17, 15) is 4.79 Å². The molecule has 0 bridgehead atoms. The lowest BCUT2D eigenvalue weighted by molar-refractivity contribution is -0.139. The molecule has 0 saturated carbocycles. The van der Waals surface area contributed by atoms with Crippen LogP contribution in [0, 0.1) is 0 Å². The van der Waals surface area contributed by atoms with Gasteiger partial charge in [0, 0.05) is 7.05 Å². The van der Waals surface area contributed by atoms with Gasteiger partial charge in [-0.1, -0.05) is 18.5 Å². The first-order valence-electron chi connectivity index (χ1n) is 4.12. The minimum Gasteiger partial charge on any atom is -0.479 e. The van der Waals surface area contributed by atoms with Crippen molar-refractivity contribution in [3.8, 4) is 5.88 Å². The van der Waals surface area contributed by atoms with Gasteiger partial charge in [-0.05, 0) is 6.42 Å². The summed E-state index contributed by atoms with van der Waals surface area (Å²) in [4.78, 5) is 10.3. The van der Waals surface area contributed by atoms with Crippen LogP contribution in [0.1, 0.15) is 12.6 Å². The molecule has 6 heteroatoms. The van der Waals surface area contributed by atoms with Crippen LogP contribution in [0.2, 0.25) is 5.02 Å². The Morgan fingerprint density at radius 1 is 1.71 bits per heavy atom. The van der Waals surface area contributed by atoms with Gasteiger partial charge in [-0.3, -0.25) is 0 Å². The van der Waals surface area contributed by atoms with Crippen LogP contribution in [0.15, 0.2) is 0 Å². The second kappa shape index (κ2) is 4.32. The average Bonchev–Trinajstić information content (AvgIpc) is 2.39. The standard InChI is InChI=1S/C8H11ClN2O3/c1-3-5-7(9)8(11(2)10-5)14-4-6(12)13/h3-4H2,1-2H3,(H,12,13). The second-order valence-corrected chi connectivity index (χ2v) is 3.10. The summed E-state index contributed by atoms with van der Waals surface area (Å²) in [7, 11) is 1.65. The summed E-state index contributed by atoms with van der Waals surface area (Å²) in [6, 6.07) is 0. The van der Waals surface area contributed by atoms with Crippen LogP contribution in [0.5, 0.6) is 5.88 Å². The third-order valence-corrected chi connectivity index (χ3v) is 2.05. The normalized spacial score (nSPS) is 10.2. The molecule has 1 rings (SSSR count). The van der Waals surface area contributed by atoms with E-state index in [1.165, 1.54) is 4.68 Å². The third kappa shape index (κ3) is 2.17. The predicted octanol–water partition coefficient (Wildman–Crippen LogP) is 1.10. The predicted molar refractivity (Wildman–Crippen MR) is 50.7 cm³/mol. The first kappa shape index (κ1) is 10.8. The van der Waals surface area contributed by atoms with E-state index in [1.807, 2.05) is 6.92 Å². The molecule has 0 fully saturated rings. The smallest absolute Gasteiger partial charge is 0.341 e. The number of carbonyl (C=O) groups is 1. The number of halogens is 1. The quantitative estimate of drug-likeness (QED) is 0.822. The molecular weight excluding hydrogens is 208 g/mol. The van der Waals surface area contributed by atoms with Crippen LogP contribution in [-0.2, 0) is 18.3 Å². The Balaban J connectivity index is 2.85. The number of nitrogens with zero attached hydrogens (tertiary/aromatic N) is 2. The number of hydrogen-bond donors (Lipinski definition) is 1. The molecular formula is C8H11ClN2O3. The maximum absolute atomic E-state index is 10.3. The van der Waals surface area contributed by atoms with E-state index in [4.69, 9.17) is 21.4 Å². The zero-order valence-electron chi connectivity index (χ0n) is 7.95. The Hall–Kier alpha value is -1.23. The fourth-order valence-electron chi connectivity index (χ4n) is 1.05. The van der Waals surface area contributed by atoms with Gasteiger partial charge in [0.25, 0.3) is 0 Å². The monoisotopic (exact) mass is 218 g/mol. The van der Waals surface area contributed by atoms with Crippen molar-refractivity contribution in [2.45, 2.75) is 13.3 Å². The van der Waals surface area contributed by atoms with Gasteiger partial charge >= 0.3 is 5.97 Å². The zero-order chi connectivity index (χ0) is 10.7. The highest BCUT2D eigenvalue weighted by Gasteiger charge is 2.14. The van der Waals surface area contributed by atoms with Gasteiger partial charge in [0.15, 0.2) is 6.61 Å². The van der Waals surface area contributed by atoms with E-state index in [0.29, 0.717) is 23.0 Å². The molecule has 0 radical (unpaired) electrons. The molecule has 0 aromatic carbocycles. The maximum Gasteiger partial charge on any atom is 0.341 e. The number of carboxylic acid groups (broad SMARTS) is 1. The second-order valence-electron chi connectivity index (χ2n) is 2.73. The largest absolute Gasteiger partial charge is 0.479 e. The van der Waals surface area contributed by atoms with Crippen LogP contribution in [-0.4, -0.2) is 27.5 Å². The Bertz CT molecular complexity index is 349. The zero-order valence-corrected chi connectivity index (χ0v) is 8.71. The molecule has 0 saturated heterocycles. The highest BCUT2D eigenvalue weighted by Crippen LogP contribution is 2.27. The van der Waals surface area contributed by atoms with Crippen LogP contribution in [0.4, 0.5) is 0 Å². The van der Waals surface area contributed by atoms with Crippen molar-refractivity contribution < 1.29 is 14.6 Å². The summed E-state index contributed by atoms with van der Waals surface area (Å²) in [5, 5.41) is 12.9. The molecule has 0 unspecified atom stereocenters. The van der Waals surface area contributed by atoms with Gasteiger partial charge in [0.2, 0.25) is 5.88 Å². The van der Waals surface area contributed by atoms with Gasteiger partial charge in [-0.25, -0.2) is 9.48 Å². The van der Waals surface area contributed by atoms with Crippen molar-refractivity contribution in [2.24, 2.45) is 7.05 Å². The molecule has 1 aromatic rings. The van der Waals surface area contributed by atoms with Crippen LogP contribution in [0.3, 0.4) is 0 Å². The van der Waals surface area contributed by atoms with Crippen molar-refractivity contribution in [1.29, 1.82) is 0 Å². The Morgan fingerprint density at radius 3 is 2.79 bits per heavy atom. The first-order chi connectivity index (χ1) is 6.56. The topological polar surface area (TPSA) is 64.4 Å². The summed E-state index contributed by atoms with van der Waals surface area (Å²) >= 11 is 5.91. The van der Waals surface area contributed by atoms with Crippen LogP contribution in [0.25, 0.3) is 0 Å². The highest BCUT2D eigenvalue weighted by molar-refractivity contribution is 6.32. The van der Waals surface area contributed by atoms with Crippen molar-refractivity contribution in [2.75, 3.05) is 6.61 Å². The molecule has 0 atom stereocenters. The third-order valence-electron chi connectivity index (χ3n) is 1.67. The molecule has 0 aliphatic rings. The SMILES string of the molecule is CCc1nn(C)c(OCC(=O)O)c1Cl. The number of ether oxygens (including phenoxy) is 1. The number of carboxylic acids is 1. The lowest BCUT2D eigenvalue weighted by Crippen LogP contribution is -2.11. The van der Waals surface area contributed by atoms with E-state index in [0.717, 1.165) is 0 Å². The van der Waals surface area contributed by atoms with Crippen molar-refractivity contribution in [3.63, 3.8) is 0 Å². The number of rotatable bonds is 4. The Labute approximate surface area is 86.2 Å². The summed E-state index contributed by atoms with van der Waals surface area (Å²) in [5.74, 6) is -0.744. The van der Waals surface area contributed by atoms with E-state index in [-0.39, 0.29) is 0 Å². The molecule has 0 aliphatic carbocycles. The molecule has 0 aliphatic heterocycles. The summed E-state index contributed by atoms with van der Waals surface area (Å²) in [5.41, 5.74) is 0.703. The lowest BCUT2D eigenvalue weighted by Gasteiger charge is -2.02. The Kier molecular flexibility index (Phi) is 3.35. The van der Waals surface area contributed by atoms with E-state index in [1.54, 1.807) is 7.05 Å². The van der Waals surface area contributed by atoms with Gasteiger partial charge < -0.3 is 9.84 Å². The van der Waals surface area contributed by atoms with Gasteiger partial charge in [-0.15, -0.1) is 0 Å². The number of aryl methyl sites for hydroxylation is 2. The maximum atomic E-state index is 10.3. The van der Waals surface area contributed by atoms with Gasteiger partial charge in [-0.2, -0.15) is 5.10 Å². The summed E-state index contributed by atoms with van der Waals surface area (Å²) in [6.07, 6.45) is 0.684. The minimum absolute atomic E-state index is 0.297. The first-order valence-corrected chi connectivity index (χ1v) is 4.50. The molecule has 0 amide bonds. The molecule has 1 aromatic heterocycles. The van der Waals surface area contributed by atoms with E-state index < -0.39 is 12.6 Å². The fraction of sp³-hybridized carbons (Fsp3) is 0.500. The van der Waals surface area contributed by atoms with Crippen molar-refractivity contribution in [3.05, 3.63) is 10.7 Å². The molecule has 5 nitrogen and oxygen atoms in total. The highest BCUT2D eigenvalue weighted by atomic mass is 35.5. The Morgan fingerprint density at radius 2 is 2.36 bits per heavy atom. The fourth-order valence-corrected chi connectivity index (χ4v) is 1.40.